The van der Waals surface area contributed by atoms with Crippen molar-refractivity contribution in [3.05, 3.63) is 83.9 Å². The summed E-state index contributed by atoms with van der Waals surface area (Å²) < 4.78 is 15.0. The highest BCUT2D eigenvalue weighted by molar-refractivity contribution is 6.04. The second-order valence-electron chi connectivity index (χ2n) is 5.05. The molecule has 0 saturated heterocycles. The van der Waals surface area contributed by atoms with Crippen molar-refractivity contribution in [2.24, 2.45) is 0 Å². The minimum atomic E-state index is -0.313. The first-order valence-corrected chi connectivity index (χ1v) is 6.94. The van der Waals surface area contributed by atoms with Crippen LogP contribution in [0, 0.1) is 12.7 Å². The molecule has 1 amide bonds. The zero-order valence-corrected chi connectivity index (χ0v) is 12.1. The maximum atomic E-state index is 13.1. The molecule has 0 unspecified atom stereocenters. The Labute approximate surface area is 128 Å². The minimum absolute atomic E-state index is 0.214. The third kappa shape index (κ3) is 2.91. The molecule has 0 fully saturated rings. The zero-order valence-electron chi connectivity index (χ0n) is 12.1. The first-order valence-electron chi connectivity index (χ1n) is 6.94. The molecule has 3 aromatic rings. The highest BCUT2D eigenvalue weighted by Gasteiger charge is 2.08. The Morgan fingerprint density at radius 2 is 1.73 bits per heavy atom. The molecule has 2 aromatic carbocycles. The van der Waals surface area contributed by atoms with Crippen molar-refractivity contribution in [1.82, 2.24) is 4.57 Å². The number of hydrogen-bond acceptors (Lipinski definition) is 1. The number of rotatable bonds is 3. The van der Waals surface area contributed by atoms with Crippen molar-refractivity contribution >= 4 is 11.6 Å². The molecule has 1 aromatic heterocycles. The van der Waals surface area contributed by atoms with Gasteiger partial charge in [-0.2, -0.15) is 0 Å². The van der Waals surface area contributed by atoms with E-state index in [1.54, 1.807) is 25.1 Å². The van der Waals surface area contributed by atoms with Gasteiger partial charge >= 0.3 is 0 Å². The predicted octanol–water partition coefficient (Wildman–Crippen LogP) is 4.18. The number of amides is 1. The molecule has 0 spiro atoms. The molecule has 1 heterocycles. The van der Waals surface area contributed by atoms with Crippen LogP contribution in [0.25, 0.3) is 5.69 Å². The lowest BCUT2D eigenvalue weighted by atomic mass is 10.1. The molecular formula is C18H15FN2O. The standard InChI is InChI=1S/C18H15FN2O/c1-13-12-15(19)6-9-17(13)20-18(22)14-4-7-16(8-5-14)21-10-2-3-11-21/h2-12H,1H3,(H,20,22). The van der Waals surface area contributed by atoms with Crippen molar-refractivity contribution < 1.29 is 9.18 Å². The van der Waals surface area contributed by atoms with E-state index in [1.165, 1.54) is 12.1 Å². The van der Waals surface area contributed by atoms with Crippen LogP contribution >= 0.6 is 0 Å². The van der Waals surface area contributed by atoms with Gasteiger partial charge in [-0.1, -0.05) is 0 Å². The van der Waals surface area contributed by atoms with Crippen molar-refractivity contribution in [3.63, 3.8) is 0 Å². The Balaban J connectivity index is 1.77. The van der Waals surface area contributed by atoms with Gasteiger partial charge in [0, 0.05) is 29.3 Å². The maximum Gasteiger partial charge on any atom is 0.255 e. The van der Waals surface area contributed by atoms with Crippen LogP contribution in [-0.4, -0.2) is 10.5 Å². The summed E-state index contributed by atoms with van der Waals surface area (Å²) in [6, 6.07) is 15.5. The smallest absolute Gasteiger partial charge is 0.255 e. The van der Waals surface area contributed by atoms with Crippen LogP contribution in [0.2, 0.25) is 0 Å². The molecule has 0 saturated carbocycles. The van der Waals surface area contributed by atoms with Gasteiger partial charge in [-0.3, -0.25) is 4.79 Å². The van der Waals surface area contributed by atoms with Crippen LogP contribution < -0.4 is 5.32 Å². The molecule has 110 valence electrons. The second kappa shape index (κ2) is 5.85. The van der Waals surface area contributed by atoms with Gasteiger partial charge in [0.05, 0.1) is 0 Å². The average molecular weight is 294 g/mol. The molecule has 0 bridgehead atoms. The summed E-state index contributed by atoms with van der Waals surface area (Å²) in [5, 5.41) is 2.80. The summed E-state index contributed by atoms with van der Waals surface area (Å²) in [7, 11) is 0. The van der Waals surface area contributed by atoms with Gasteiger partial charge in [-0.25, -0.2) is 4.39 Å². The maximum absolute atomic E-state index is 13.1. The number of benzene rings is 2. The van der Waals surface area contributed by atoms with E-state index in [-0.39, 0.29) is 11.7 Å². The number of hydrogen-bond donors (Lipinski definition) is 1. The van der Waals surface area contributed by atoms with E-state index in [1.807, 2.05) is 41.2 Å². The van der Waals surface area contributed by atoms with E-state index in [4.69, 9.17) is 0 Å². The van der Waals surface area contributed by atoms with Crippen molar-refractivity contribution in [2.45, 2.75) is 6.92 Å². The highest BCUT2D eigenvalue weighted by Crippen LogP contribution is 2.17. The Bertz CT molecular complexity index is 792. The number of nitrogens with zero attached hydrogens (tertiary/aromatic N) is 1. The Morgan fingerprint density at radius 3 is 2.36 bits per heavy atom. The van der Waals surface area contributed by atoms with Crippen LogP contribution in [0.5, 0.6) is 0 Å². The quantitative estimate of drug-likeness (QED) is 0.772. The topological polar surface area (TPSA) is 34.0 Å². The predicted molar refractivity (Wildman–Crippen MR) is 84.9 cm³/mol. The van der Waals surface area contributed by atoms with Crippen molar-refractivity contribution in [3.8, 4) is 5.69 Å². The molecule has 1 N–H and O–H groups in total. The van der Waals surface area contributed by atoms with E-state index in [9.17, 15) is 9.18 Å². The van der Waals surface area contributed by atoms with Gasteiger partial charge in [-0.05, 0) is 67.1 Å². The fourth-order valence-corrected chi connectivity index (χ4v) is 2.25. The van der Waals surface area contributed by atoms with Crippen LogP contribution in [-0.2, 0) is 0 Å². The molecule has 0 aliphatic carbocycles. The van der Waals surface area contributed by atoms with Crippen molar-refractivity contribution in [1.29, 1.82) is 0 Å². The third-order valence-electron chi connectivity index (χ3n) is 3.47. The summed E-state index contributed by atoms with van der Waals surface area (Å²) in [6.07, 6.45) is 3.88. The number of carbonyl (C=O) groups excluding carboxylic acids is 1. The van der Waals surface area contributed by atoms with Gasteiger partial charge in [0.15, 0.2) is 0 Å². The van der Waals surface area contributed by atoms with Crippen molar-refractivity contribution in [2.75, 3.05) is 5.32 Å². The molecule has 22 heavy (non-hydrogen) atoms. The van der Waals surface area contributed by atoms with E-state index in [2.05, 4.69) is 5.32 Å². The summed E-state index contributed by atoms with van der Waals surface area (Å²) in [4.78, 5) is 12.2. The van der Waals surface area contributed by atoms with Gasteiger partial charge in [0.25, 0.3) is 5.91 Å². The number of halogens is 1. The second-order valence-corrected chi connectivity index (χ2v) is 5.05. The number of aryl methyl sites for hydroxylation is 1. The molecule has 4 heteroatoms. The molecule has 0 radical (unpaired) electrons. The molecule has 3 rings (SSSR count). The molecule has 0 aliphatic rings. The largest absolute Gasteiger partial charge is 0.324 e. The summed E-state index contributed by atoms with van der Waals surface area (Å²) in [5.41, 5.74) is 2.84. The third-order valence-corrected chi connectivity index (χ3v) is 3.47. The number of carbonyl (C=O) groups is 1. The minimum Gasteiger partial charge on any atom is -0.324 e. The van der Waals surface area contributed by atoms with Gasteiger partial charge in [-0.15, -0.1) is 0 Å². The van der Waals surface area contributed by atoms with E-state index in [0.717, 1.165) is 5.69 Å². The Kier molecular flexibility index (Phi) is 3.74. The lowest BCUT2D eigenvalue weighted by Crippen LogP contribution is -2.12. The van der Waals surface area contributed by atoms with Gasteiger partial charge in [0.1, 0.15) is 5.82 Å². The fourth-order valence-electron chi connectivity index (χ4n) is 2.25. The first kappa shape index (κ1) is 14.1. The van der Waals surface area contributed by atoms with E-state index >= 15 is 0 Å². The highest BCUT2D eigenvalue weighted by atomic mass is 19.1. The van der Waals surface area contributed by atoms with Crippen LogP contribution in [0.4, 0.5) is 10.1 Å². The number of anilines is 1. The lowest BCUT2D eigenvalue weighted by Gasteiger charge is -2.09. The SMILES string of the molecule is Cc1cc(F)ccc1NC(=O)c1ccc(-n2cccc2)cc1. The molecule has 3 nitrogen and oxygen atoms in total. The summed E-state index contributed by atoms with van der Waals surface area (Å²) in [6.45, 7) is 1.76. The van der Waals surface area contributed by atoms with Gasteiger partial charge in [0.2, 0.25) is 0 Å². The van der Waals surface area contributed by atoms with Crippen LogP contribution in [0.15, 0.2) is 67.0 Å². The normalized spacial score (nSPS) is 10.5. The molecule has 0 atom stereocenters. The Hall–Kier alpha value is -2.88. The average Bonchev–Trinajstić information content (AvgIpc) is 3.04. The fraction of sp³-hybridized carbons (Fsp3) is 0.0556. The Morgan fingerprint density at radius 1 is 1.05 bits per heavy atom. The summed E-state index contributed by atoms with van der Waals surface area (Å²) in [5.74, 6) is -0.527. The van der Waals surface area contributed by atoms with E-state index < -0.39 is 0 Å². The first-order chi connectivity index (χ1) is 10.6. The monoisotopic (exact) mass is 294 g/mol. The van der Waals surface area contributed by atoms with E-state index in [0.29, 0.717) is 16.8 Å². The number of aromatic nitrogens is 1. The summed E-state index contributed by atoms with van der Waals surface area (Å²) >= 11 is 0. The van der Waals surface area contributed by atoms with Crippen LogP contribution in [0.1, 0.15) is 15.9 Å². The number of nitrogens with one attached hydrogen (secondary N) is 1. The van der Waals surface area contributed by atoms with Gasteiger partial charge < -0.3 is 9.88 Å². The lowest BCUT2D eigenvalue weighted by molar-refractivity contribution is 0.102. The van der Waals surface area contributed by atoms with Crippen LogP contribution in [0.3, 0.4) is 0 Å². The molecule has 0 aliphatic heterocycles. The molecular weight excluding hydrogens is 279 g/mol. The zero-order chi connectivity index (χ0) is 15.5.